The van der Waals surface area contributed by atoms with Crippen LogP contribution in [0.15, 0.2) is 46.9 Å². The standard InChI is InChI=1S/C12H7BrF2O/c13-11-7-9(15)3-6-12(11)16-10-4-1-8(14)2-5-10/h1-7H. The minimum Gasteiger partial charge on any atom is -0.456 e. The van der Waals surface area contributed by atoms with Gasteiger partial charge in [0.05, 0.1) is 4.47 Å². The molecule has 0 spiro atoms. The first kappa shape index (κ1) is 11.1. The summed E-state index contributed by atoms with van der Waals surface area (Å²) in [5.74, 6) is 0.297. The van der Waals surface area contributed by atoms with E-state index in [4.69, 9.17) is 4.74 Å². The van der Waals surface area contributed by atoms with Gasteiger partial charge in [0.15, 0.2) is 0 Å². The molecule has 2 aromatic rings. The molecular weight excluding hydrogens is 278 g/mol. The second-order valence-electron chi connectivity index (χ2n) is 3.13. The van der Waals surface area contributed by atoms with Crippen LogP contribution in [0, 0.1) is 11.6 Å². The van der Waals surface area contributed by atoms with Crippen molar-refractivity contribution in [3.63, 3.8) is 0 Å². The summed E-state index contributed by atoms with van der Waals surface area (Å²) in [6.07, 6.45) is 0. The van der Waals surface area contributed by atoms with Gasteiger partial charge in [-0.15, -0.1) is 0 Å². The second kappa shape index (κ2) is 4.61. The molecule has 0 atom stereocenters. The van der Waals surface area contributed by atoms with E-state index in [2.05, 4.69) is 15.9 Å². The summed E-state index contributed by atoms with van der Waals surface area (Å²) in [6.45, 7) is 0. The first-order valence-corrected chi connectivity index (χ1v) is 5.33. The van der Waals surface area contributed by atoms with E-state index in [9.17, 15) is 8.78 Å². The van der Waals surface area contributed by atoms with Gasteiger partial charge in [-0.1, -0.05) is 0 Å². The lowest BCUT2D eigenvalue weighted by atomic mass is 10.3. The molecule has 0 aliphatic heterocycles. The normalized spacial score (nSPS) is 10.2. The van der Waals surface area contributed by atoms with Crippen molar-refractivity contribution < 1.29 is 13.5 Å². The third-order valence-corrected chi connectivity index (χ3v) is 2.56. The number of rotatable bonds is 2. The molecule has 0 bridgehead atoms. The molecule has 16 heavy (non-hydrogen) atoms. The molecule has 2 aromatic carbocycles. The van der Waals surface area contributed by atoms with Gasteiger partial charge in [0, 0.05) is 0 Å². The fourth-order valence-corrected chi connectivity index (χ4v) is 1.62. The number of benzene rings is 2. The van der Waals surface area contributed by atoms with Crippen molar-refractivity contribution in [2.45, 2.75) is 0 Å². The highest BCUT2D eigenvalue weighted by molar-refractivity contribution is 9.10. The minimum atomic E-state index is -0.349. The van der Waals surface area contributed by atoms with Crippen molar-refractivity contribution >= 4 is 15.9 Å². The highest BCUT2D eigenvalue weighted by atomic mass is 79.9. The van der Waals surface area contributed by atoms with E-state index in [1.807, 2.05) is 0 Å². The molecule has 4 heteroatoms. The lowest BCUT2D eigenvalue weighted by Gasteiger charge is -2.07. The van der Waals surface area contributed by atoms with Crippen molar-refractivity contribution in [2.75, 3.05) is 0 Å². The maximum Gasteiger partial charge on any atom is 0.141 e. The maximum absolute atomic E-state index is 12.8. The Morgan fingerprint density at radius 2 is 1.50 bits per heavy atom. The fraction of sp³-hybridized carbons (Fsp3) is 0. The summed E-state index contributed by atoms with van der Waals surface area (Å²) in [4.78, 5) is 0. The van der Waals surface area contributed by atoms with Crippen LogP contribution in [-0.4, -0.2) is 0 Å². The number of halogens is 3. The van der Waals surface area contributed by atoms with Crippen LogP contribution in [0.3, 0.4) is 0 Å². The Morgan fingerprint density at radius 3 is 2.12 bits per heavy atom. The van der Waals surface area contributed by atoms with Gasteiger partial charge in [-0.05, 0) is 58.4 Å². The van der Waals surface area contributed by atoms with Gasteiger partial charge in [0.1, 0.15) is 23.1 Å². The molecule has 82 valence electrons. The molecule has 0 aliphatic carbocycles. The van der Waals surface area contributed by atoms with E-state index in [0.717, 1.165) is 0 Å². The monoisotopic (exact) mass is 284 g/mol. The average Bonchev–Trinajstić information content (AvgIpc) is 2.25. The maximum atomic E-state index is 12.8. The van der Waals surface area contributed by atoms with Crippen LogP contribution >= 0.6 is 15.9 Å². The number of ether oxygens (including phenoxy) is 1. The molecule has 2 rings (SSSR count). The number of hydrogen-bond acceptors (Lipinski definition) is 1. The zero-order valence-corrected chi connectivity index (χ0v) is 9.67. The Morgan fingerprint density at radius 1 is 0.875 bits per heavy atom. The molecule has 1 nitrogen and oxygen atoms in total. The van der Waals surface area contributed by atoms with Crippen LogP contribution in [0.2, 0.25) is 0 Å². The summed E-state index contributed by atoms with van der Waals surface area (Å²) < 4.78 is 31.4. The van der Waals surface area contributed by atoms with Gasteiger partial charge in [0.2, 0.25) is 0 Å². The van der Waals surface area contributed by atoms with Crippen molar-refractivity contribution in [3.05, 3.63) is 58.6 Å². The molecule has 0 amide bonds. The smallest absolute Gasteiger partial charge is 0.141 e. The van der Waals surface area contributed by atoms with Crippen molar-refractivity contribution in [1.82, 2.24) is 0 Å². The van der Waals surface area contributed by atoms with E-state index in [1.165, 1.54) is 42.5 Å². The molecule has 0 aliphatic rings. The summed E-state index contributed by atoms with van der Waals surface area (Å²) in [5.41, 5.74) is 0. The molecule has 0 unspecified atom stereocenters. The van der Waals surface area contributed by atoms with Gasteiger partial charge in [-0.25, -0.2) is 8.78 Å². The highest BCUT2D eigenvalue weighted by Gasteiger charge is 2.04. The molecular formula is C12H7BrF2O. The lowest BCUT2D eigenvalue weighted by molar-refractivity contribution is 0.475. The van der Waals surface area contributed by atoms with Crippen LogP contribution in [0.5, 0.6) is 11.5 Å². The topological polar surface area (TPSA) is 9.23 Å². The predicted molar refractivity (Wildman–Crippen MR) is 60.6 cm³/mol. The van der Waals surface area contributed by atoms with Gasteiger partial charge in [-0.3, -0.25) is 0 Å². The van der Waals surface area contributed by atoms with Gasteiger partial charge >= 0.3 is 0 Å². The van der Waals surface area contributed by atoms with Crippen molar-refractivity contribution in [3.8, 4) is 11.5 Å². The lowest BCUT2D eigenvalue weighted by Crippen LogP contribution is -1.86. The molecule has 0 heterocycles. The number of hydrogen-bond donors (Lipinski definition) is 0. The Labute approximate surface area is 99.8 Å². The zero-order chi connectivity index (χ0) is 11.5. The van der Waals surface area contributed by atoms with E-state index < -0.39 is 0 Å². The first-order chi connectivity index (χ1) is 7.65. The predicted octanol–water partition coefficient (Wildman–Crippen LogP) is 4.52. The average molecular weight is 285 g/mol. The summed E-state index contributed by atoms with van der Waals surface area (Å²) in [7, 11) is 0. The first-order valence-electron chi connectivity index (χ1n) is 4.53. The summed E-state index contributed by atoms with van der Waals surface area (Å²) >= 11 is 3.18. The SMILES string of the molecule is Fc1ccc(Oc2ccc(F)cc2Br)cc1. The highest BCUT2D eigenvalue weighted by Crippen LogP contribution is 2.30. The van der Waals surface area contributed by atoms with E-state index >= 15 is 0 Å². The van der Waals surface area contributed by atoms with Crippen LogP contribution in [0.25, 0.3) is 0 Å². The van der Waals surface area contributed by atoms with Gasteiger partial charge < -0.3 is 4.74 Å². The molecule has 0 aromatic heterocycles. The molecule has 0 saturated heterocycles. The zero-order valence-electron chi connectivity index (χ0n) is 8.08. The van der Waals surface area contributed by atoms with Crippen LogP contribution in [0.1, 0.15) is 0 Å². The third-order valence-electron chi connectivity index (χ3n) is 1.94. The second-order valence-corrected chi connectivity index (χ2v) is 3.99. The van der Waals surface area contributed by atoms with E-state index in [1.54, 1.807) is 0 Å². The van der Waals surface area contributed by atoms with Crippen molar-refractivity contribution in [1.29, 1.82) is 0 Å². The van der Waals surface area contributed by atoms with Gasteiger partial charge in [-0.2, -0.15) is 0 Å². The van der Waals surface area contributed by atoms with Crippen LogP contribution in [-0.2, 0) is 0 Å². The Hall–Kier alpha value is -1.42. The van der Waals surface area contributed by atoms with Crippen molar-refractivity contribution in [2.24, 2.45) is 0 Å². The molecule has 0 saturated carbocycles. The van der Waals surface area contributed by atoms with E-state index in [0.29, 0.717) is 16.0 Å². The Balaban J connectivity index is 2.23. The van der Waals surface area contributed by atoms with Gasteiger partial charge in [0.25, 0.3) is 0 Å². The Bertz CT molecular complexity index is 497. The van der Waals surface area contributed by atoms with Crippen LogP contribution < -0.4 is 4.74 Å². The minimum absolute atomic E-state index is 0.328. The fourth-order valence-electron chi connectivity index (χ4n) is 1.19. The quantitative estimate of drug-likeness (QED) is 0.788. The molecule has 0 N–H and O–H groups in total. The summed E-state index contributed by atoms with van der Waals surface area (Å²) in [5, 5.41) is 0. The Kier molecular flexibility index (Phi) is 3.19. The molecule has 0 fully saturated rings. The largest absolute Gasteiger partial charge is 0.456 e. The van der Waals surface area contributed by atoms with Crippen LogP contribution in [0.4, 0.5) is 8.78 Å². The summed E-state index contributed by atoms with van der Waals surface area (Å²) in [6, 6.07) is 9.71. The third kappa shape index (κ3) is 2.58. The molecule has 0 radical (unpaired) electrons. The van der Waals surface area contributed by atoms with E-state index in [-0.39, 0.29) is 11.6 Å².